The minimum Gasteiger partial charge on any atom is -0.463 e. The van der Waals surface area contributed by atoms with Crippen LogP contribution < -0.4 is 0 Å². The Morgan fingerprint density at radius 3 is 2.85 bits per heavy atom. The third-order valence-corrected chi connectivity index (χ3v) is 1.75. The molecule has 0 radical (unpaired) electrons. The number of rotatable bonds is 3. The largest absolute Gasteiger partial charge is 0.463 e. The predicted octanol–water partition coefficient (Wildman–Crippen LogP) is 0.395. The van der Waals surface area contributed by atoms with Crippen molar-refractivity contribution in [2.45, 2.75) is 6.92 Å². The molecule has 0 unspecified atom stereocenters. The van der Waals surface area contributed by atoms with Gasteiger partial charge in [0, 0.05) is 25.4 Å². The van der Waals surface area contributed by atoms with Crippen molar-refractivity contribution in [2.75, 3.05) is 32.9 Å². The van der Waals surface area contributed by atoms with E-state index in [-0.39, 0.29) is 5.97 Å². The molecule has 0 amide bonds. The van der Waals surface area contributed by atoms with Gasteiger partial charge in [-0.1, -0.05) is 0 Å². The molecule has 4 heteroatoms. The van der Waals surface area contributed by atoms with Crippen LogP contribution in [0, 0.1) is 0 Å². The molecule has 0 aromatic heterocycles. The zero-order valence-electron chi connectivity index (χ0n) is 7.86. The lowest BCUT2D eigenvalue weighted by molar-refractivity contribution is -0.137. The lowest BCUT2D eigenvalue weighted by Gasteiger charge is -2.24. The van der Waals surface area contributed by atoms with E-state index >= 15 is 0 Å². The molecule has 4 nitrogen and oxygen atoms in total. The van der Waals surface area contributed by atoms with Gasteiger partial charge in [0.25, 0.3) is 0 Å². The molecule has 74 valence electrons. The molecular weight excluding hydrogens is 170 g/mol. The second-order valence-electron chi connectivity index (χ2n) is 2.72. The van der Waals surface area contributed by atoms with Crippen molar-refractivity contribution in [3.8, 4) is 0 Å². The number of carbonyl (C=O) groups is 1. The van der Waals surface area contributed by atoms with Crippen LogP contribution in [0.1, 0.15) is 6.92 Å². The number of carbonyl (C=O) groups excluding carboxylic acids is 1. The summed E-state index contributed by atoms with van der Waals surface area (Å²) >= 11 is 0. The maximum absolute atomic E-state index is 10.9. The maximum Gasteiger partial charge on any atom is 0.332 e. The van der Waals surface area contributed by atoms with E-state index in [0.29, 0.717) is 6.61 Å². The summed E-state index contributed by atoms with van der Waals surface area (Å²) in [6.45, 7) is 5.36. The summed E-state index contributed by atoms with van der Waals surface area (Å²) in [5, 5.41) is 0. The summed E-state index contributed by atoms with van der Waals surface area (Å²) in [5.74, 6) is -0.283. The van der Waals surface area contributed by atoms with Crippen LogP contribution in [0.4, 0.5) is 0 Å². The van der Waals surface area contributed by atoms with Crippen molar-refractivity contribution in [3.05, 3.63) is 12.3 Å². The predicted molar refractivity (Wildman–Crippen MR) is 48.2 cm³/mol. The first-order valence-electron chi connectivity index (χ1n) is 4.49. The average Bonchev–Trinajstić information content (AvgIpc) is 2.17. The van der Waals surface area contributed by atoms with E-state index in [1.807, 2.05) is 4.90 Å². The minimum atomic E-state index is -0.283. The summed E-state index contributed by atoms with van der Waals surface area (Å²) in [4.78, 5) is 13.0. The van der Waals surface area contributed by atoms with Gasteiger partial charge >= 0.3 is 5.97 Å². The lowest BCUT2D eigenvalue weighted by atomic mass is 10.4. The van der Waals surface area contributed by atoms with Crippen LogP contribution in [0.25, 0.3) is 0 Å². The highest BCUT2D eigenvalue weighted by Crippen LogP contribution is 1.97. The highest BCUT2D eigenvalue weighted by atomic mass is 16.5. The lowest BCUT2D eigenvalue weighted by Crippen LogP contribution is -2.32. The quantitative estimate of drug-likeness (QED) is 0.471. The summed E-state index contributed by atoms with van der Waals surface area (Å²) in [6, 6.07) is 0. The fraction of sp³-hybridized carbons (Fsp3) is 0.667. The molecule has 1 rings (SSSR count). The maximum atomic E-state index is 10.9. The van der Waals surface area contributed by atoms with E-state index in [2.05, 4.69) is 0 Å². The standard InChI is InChI=1S/C9H15NO3/c1-2-13-9(11)3-4-10-5-7-12-8-6-10/h3-4H,2,5-8H2,1H3/b4-3-. The second-order valence-corrected chi connectivity index (χ2v) is 2.72. The number of hydrogen-bond acceptors (Lipinski definition) is 4. The molecule has 0 saturated carbocycles. The Hall–Kier alpha value is -1.03. The molecule has 1 fully saturated rings. The van der Waals surface area contributed by atoms with Crippen molar-refractivity contribution in [1.82, 2.24) is 4.90 Å². The van der Waals surface area contributed by atoms with Crippen LogP contribution in [0.2, 0.25) is 0 Å². The zero-order chi connectivity index (χ0) is 9.52. The van der Waals surface area contributed by atoms with Crippen LogP contribution >= 0.6 is 0 Å². The summed E-state index contributed by atoms with van der Waals surface area (Å²) in [7, 11) is 0. The van der Waals surface area contributed by atoms with Gasteiger partial charge in [0.05, 0.1) is 19.8 Å². The fourth-order valence-electron chi connectivity index (χ4n) is 1.08. The van der Waals surface area contributed by atoms with Crippen molar-refractivity contribution in [1.29, 1.82) is 0 Å². The van der Waals surface area contributed by atoms with Gasteiger partial charge in [-0.15, -0.1) is 0 Å². The van der Waals surface area contributed by atoms with Gasteiger partial charge in [0.1, 0.15) is 0 Å². The Labute approximate surface area is 78.1 Å². The van der Waals surface area contributed by atoms with Gasteiger partial charge in [-0.25, -0.2) is 4.79 Å². The van der Waals surface area contributed by atoms with E-state index in [1.54, 1.807) is 13.1 Å². The number of morpholine rings is 1. The molecule has 0 aromatic rings. The SMILES string of the molecule is CCOC(=O)/C=C\N1CCOCC1. The van der Waals surface area contributed by atoms with Crippen molar-refractivity contribution in [3.63, 3.8) is 0 Å². The average molecular weight is 185 g/mol. The van der Waals surface area contributed by atoms with Gasteiger partial charge < -0.3 is 14.4 Å². The van der Waals surface area contributed by atoms with E-state index in [9.17, 15) is 4.79 Å². The van der Waals surface area contributed by atoms with Crippen molar-refractivity contribution < 1.29 is 14.3 Å². The molecule has 1 aliphatic heterocycles. The van der Waals surface area contributed by atoms with Gasteiger partial charge in [-0.3, -0.25) is 0 Å². The molecule has 0 aliphatic carbocycles. The van der Waals surface area contributed by atoms with Gasteiger partial charge in [-0.05, 0) is 6.92 Å². The van der Waals surface area contributed by atoms with Crippen LogP contribution in [-0.2, 0) is 14.3 Å². The van der Waals surface area contributed by atoms with E-state index in [0.717, 1.165) is 26.3 Å². The number of hydrogen-bond donors (Lipinski definition) is 0. The van der Waals surface area contributed by atoms with Gasteiger partial charge in [0.15, 0.2) is 0 Å². The molecule has 13 heavy (non-hydrogen) atoms. The van der Waals surface area contributed by atoms with Crippen LogP contribution in [0.5, 0.6) is 0 Å². The third kappa shape index (κ3) is 3.94. The highest BCUT2D eigenvalue weighted by Gasteiger charge is 2.05. The van der Waals surface area contributed by atoms with Crippen molar-refractivity contribution >= 4 is 5.97 Å². The van der Waals surface area contributed by atoms with Crippen LogP contribution in [0.15, 0.2) is 12.3 Å². The summed E-state index contributed by atoms with van der Waals surface area (Å²) in [6.07, 6.45) is 3.22. The normalized spacial score (nSPS) is 17.8. The molecule has 0 aromatic carbocycles. The summed E-state index contributed by atoms with van der Waals surface area (Å²) < 4.78 is 9.91. The molecule has 0 bridgehead atoms. The number of nitrogens with zero attached hydrogens (tertiary/aromatic N) is 1. The van der Waals surface area contributed by atoms with E-state index in [1.165, 1.54) is 6.08 Å². The van der Waals surface area contributed by atoms with E-state index in [4.69, 9.17) is 9.47 Å². The molecule has 0 spiro atoms. The Balaban J connectivity index is 2.24. The smallest absolute Gasteiger partial charge is 0.332 e. The zero-order valence-corrected chi connectivity index (χ0v) is 7.86. The molecule has 1 heterocycles. The first kappa shape index (κ1) is 10.1. The molecule has 1 aliphatic rings. The molecular formula is C9H15NO3. The first-order chi connectivity index (χ1) is 6.33. The third-order valence-electron chi connectivity index (χ3n) is 1.75. The van der Waals surface area contributed by atoms with E-state index < -0.39 is 0 Å². The van der Waals surface area contributed by atoms with Crippen molar-refractivity contribution in [2.24, 2.45) is 0 Å². The van der Waals surface area contributed by atoms with Gasteiger partial charge in [-0.2, -0.15) is 0 Å². The Kier molecular flexibility index (Phi) is 4.32. The van der Waals surface area contributed by atoms with Crippen LogP contribution in [-0.4, -0.2) is 43.8 Å². The topological polar surface area (TPSA) is 38.8 Å². The Morgan fingerprint density at radius 1 is 1.54 bits per heavy atom. The Morgan fingerprint density at radius 2 is 2.23 bits per heavy atom. The molecule has 0 atom stereocenters. The Bertz CT molecular complexity index is 185. The monoisotopic (exact) mass is 185 g/mol. The fourth-order valence-corrected chi connectivity index (χ4v) is 1.08. The second kappa shape index (κ2) is 5.59. The number of ether oxygens (including phenoxy) is 2. The molecule has 0 N–H and O–H groups in total. The number of esters is 1. The van der Waals surface area contributed by atoms with Gasteiger partial charge in [0.2, 0.25) is 0 Å². The minimum absolute atomic E-state index is 0.283. The van der Waals surface area contributed by atoms with Crippen LogP contribution in [0.3, 0.4) is 0 Å². The highest BCUT2D eigenvalue weighted by molar-refractivity contribution is 5.81. The first-order valence-corrected chi connectivity index (χ1v) is 4.49. The summed E-state index contributed by atoms with van der Waals surface area (Å²) in [5.41, 5.74) is 0. The molecule has 1 saturated heterocycles.